The summed E-state index contributed by atoms with van der Waals surface area (Å²) in [7, 11) is 0. The van der Waals surface area contributed by atoms with Crippen molar-refractivity contribution in [1.29, 1.82) is 0 Å². The van der Waals surface area contributed by atoms with Crippen LogP contribution in [0, 0.1) is 18.6 Å². The fourth-order valence-corrected chi connectivity index (χ4v) is 2.42. The van der Waals surface area contributed by atoms with E-state index in [1.54, 1.807) is 6.20 Å². The third-order valence-electron chi connectivity index (χ3n) is 3.73. The van der Waals surface area contributed by atoms with Gasteiger partial charge in [-0.1, -0.05) is 0 Å². The van der Waals surface area contributed by atoms with E-state index < -0.39 is 17.7 Å². The van der Waals surface area contributed by atoms with Crippen LogP contribution < -0.4 is 10.1 Å². The van der Waals surface area contributed by atoms with Crippen molar-refractivity contribution in [1.82, 2.24) is 15.5 Å². The van der Waals surface area contributed by atoms with E-state index in [9.17, 15) is 13.9 Å². The van der Waals surface area contributed by atoms with Crippen LogP contribution in [0.5, 0.6) is 5.75 Å². The second kappa shape index (κ2) is 8.11. The highest BCUT2D eigenvalue weighted by Gasteiger charge is 2.12. The molecule has 1 atom stereocenters. The molecule has 0 radical (unpaired) electrons. The van der Waals surface area contributed by atoms with Gasteiger partial charge in [0.25, 0.3) is 0 Å². The molecule has 2 heterocycles. The summed E-state index contributed by atoms with van der Waals surface area (Å²) in [5.74, 6) is -0.274. The number of rotatable bonds is 8. The summed E-state index contributed by atoms with van der Waals surface area (Å²) in [6.45, 7) is 2.54. The number of halogens is 2. The lowest BCUT2D eigenvalue weighted by Gasteiger charge is -2.13. The number of aromatic amines is 1. The summed E-state index contributed by atoms with van der Waals surface area (Å²) in [4.78, 5) is 0. The summed E-state index contributed by atoms with van der Waals surface area (Å²) in [6.07, 6.45) is 0.869. The lowest BCUT2D eigenvalue weighted by Crippen LogP contribution is -2.31. The maximum Gasteiger partial charge on any atom is 0.162 e. The molecule has 0 fully saturated rings. The first kappa shape index (κ1) is 18.1. The standard InChI is InChI=1S/C18H19F2N3O3/c1-11-2-5-17(26-11)18-12(8-22-23-18)7-21-9-13(24)10-25-14-3-4-15(19)16(20)6-14/h2-6,8,13,21,24H,7,9-10H2,1H3,(H,22,23). The van der Waals surface area contributed by atoms with Gasteiger partial charge in [0.1, 0.15) is 29.9 Å². The van der Waals surface area contributed by atoms with Gasteiger partial charge in [-0.15, -0.1) is 0 Å². The molecule has 1 unspecified atom stereocenters. The zero-order chi connectivity index (χ0) is 18.5. The van der Waals surface area contributed by atoms with E-state index in [4.69, 9.17) is 9.15 Å². The molecule has 138 valence electrons. The molecular formula is C18H19F2N3O3. The van der Waals surface area contributed by atoms with E-state index in [0.717, 1.165) is 29.2 Å². The molecule has 0 bridgehead atoms. The molecule has 0 saturated carbocycles. The zero-order valence-electron chi connectivity index (χ0n) is 14.1. The largest absolute Gasteiger partial charge is 0.491 e. The second-order valence-corrected chi connectivity index (χ2v) is 5.85. The van der Waals surface area contributed by atoms with Crippen LogP contribution in [0.2, 0.25) is 0 Å². The van der Waals surface area contributed by atoms with Crippen molar-refractivity contribution in [2.45, 2.75) is 19.6 Å². The van der Waals surface area contributed by atoms with Crippen LogP contribution in [-0.4, -0.2) is 34.6 Å². The minimum absolute atomic E-state index is 0.0479. The number of aryl methyl sites for hydroxylation is 1. The monoisotopic (exact) mass is 363 g/mol. The van der Waals surface area contributed by atoms with Gasteiger partial charge in [0.2, 0.25) is 0 Å². The fraction of sp³-hybridized carbons (Fsp3) is 0.278. The average Bonchev–Trinajstić information content (AvgIpc) is 3.24. The van der Waals surface area contributed by atoms with Crippen molar-refractivity contribution in [3.63, 3.8) is 0 Å². The number of aliphatic hydroxyl groups is 1. The third-order valence-corrected chi connectivity index (χ3v) is 3.73. The van der Waals surface area contributed by atoms with E-state index in [2.05, 4.69) is 15.5 Å². The Balaban J connectivity index is 1.46. The molecule has 2 aromatic heterocycles. The molecule has 3 rings (SSSR count). The topological polar surface area (TPSA) is 83.3 Å². The molecule has 0 aliphatic heterocycles. The Morgan fingerprint density at radius 1 is 1.27 bits per heavy atom. The lowest BCUT2D eigenvalue weighted by atomic mass is 10.2. The molecule has 3 N–H and O–H groups in total. The normalized spacial score (nSPS) is 12.3. The van der Waals surface area contributed by atoms with Gasteiger partial charge in [-0.25, -0.2) is 8.78 Å². The maximum absolute atomic E-state index is 13.1. The van der Waals surface area contributed by atoms with Crippen molar-refractivity contribution in [2.24, 2.45) is 0 Å². The Kier molecular flexibility index (Phi) is 5.65. The lowest BCUT2D eigenvalue weighted by molar-refractivity contribution is 0.106. The molecule has 26 heavy (non-hydrogen) atoms. The number of benzene rings is 1. The van der Waals surface area contributed by atoms with Gasteiger partial charge in [-0.05, 0) is 31.2 Å². The molecular weight excluding hydrogens is 344 g/mol. The summed E-state index contributed by atoms with van der Waals surface area (Å²) >= 11 is 0. The van der Waals surface area contributed by atoms with E-state index in [-0.39, 0.29) is 18.9 Å². The molecule has 0 saturated heterocycles. The highest BCUT2D eigenvalue weighted by molar-refractivity contribution is 5.56. The number of furan rings is 1. The van der Waals surface area contributed by atoms with Gasteiger partial charge in [-0.2, -0.15) is 5.10 Å². The molecule has 3 aromatic rings. The number of aliphatic hydroxyl groups excluding tert-OH is 1. The number of nitrogens with zero attached hydrogens (tertiary/aromatic N) is 1. The van der Waals surface area contributed by atoms with E-state index in [0.29, 0.717) is 12.3 Å². The Labute approximate surface area is 148 Å². The summed E-state index contributed by atoms with van der Waals surface area (Å²) in [5.41, 5.74) is 1.67. The van der Waals surface area contributed by atoms with Gasteiger partial charge < -0.3 is 19.6 Å². The minimum atomic E-state index is -0.990. The van der Waals surface area contributed by atoms with Crippen LogP contribution in [0.15, 0.2) is 40.9 Å². The zero-order valence-corrected chi connectivity index (χ0v) is 14.1. The molecule has 0 spiro atoms. The molecule has 8 heteroatoms. The predicted molar refractivity (Wildman–Crippen MR) is 90.6 cm³/mol. The summed E-state index contributed by atoms with van der Waals surface area (Å²) in [5, 5.41) is 20.0. The first-order chi connectivity index (χ1) is 12.5. The van der Waals surface area contributed by atoms with Gasteiger partial charge in [0.05, 0.1) is 6.20 Å². The number of hydrogen-bond donors (Lipinski definition) is 3. The first-order valence-electron chi connectivity index (χ1n) is 8.08. The summed E-state index contributed by atoms with van der Waals surface area (Å²) < 4.78 is 36.8. The Morgan fingerprint density at radius 2 is 2.12 bits per heavy atom. The van der Waals surface area contributed by atoms with E-state index in [1.165, 1.54) is 6.07 Å². The smallest absolute Gasteiger partial charge is 0.162 e. The molecule has 6 nitrogen and oxygen atoms in total. The van der Waals surface area contributed by atoms with Crippen LogP contribution in [0.3, 0.4) is 0 Å². The predicted octanol–water partition coefficient (Wildman–Crippen LogP) is 2.79. The number of H-pyrrole nitrogens is 1. The van der Waals surface area contributed by atoms with Crippen LogP contribution in [0.4, 0.5) is 8.78 Å². The van der Waals surface area contributed by atoms with Crippen molar-refractivity contribution >= 4 is 0 Å². The highest BCUT2D eigenvalue weighted by atomic mass is 19.2. The first-order valence-corrected chi connectivity index (χ1v) is 8.08. The van der Waals surface area contributed by atoms with Crippen molar-refractivity contribution in [3.8, 4) is 17.2 Å². The van der Waals surface area contributed by atoms with Gasteiger partial charge in [0.15, 0.2) is 17.4 Å². The second-order valence-electron chi connectivity index (χ2n) is 5.85. The van der Waals surface area contributed by atoms with Gasteiger partial charge in [0, 0.05) is 24.7 Å². The average molecular weight is 363 g/mol. The van der Waals surface area contributed by atoms with Crippen LogP contribution in [0.1, 0.15) is 11.3 Å². The van der Waals surface area contributed by atoms with Crippen LogP contribution in [-0.2, 0) is 6.54 Å². The molecule has 0 aliphatic rings. The van der Waals surface area contributed by atoms with Crippen molar-refractivity contribution < 1.29 is 23.0 Å². The van der Waals surface area contributed by atoms with Crippen molar-refractivity contribution in [3.05, 3.63) is 59.5 Å². The maximum atomic E-state index is 13.1. The molecule has 0 amide bonds. The fourth-order valence-electron chi connectivity index (χ4n) is 2.42. The number of ether oxygens (including phenoxy) is 1. The Morgan fingerprint density at radius 3 is 2.85 bits per heavy atom. The molecule has 0 aliphatic carbocycles. The van der Waals surface area contributed by atoms with Gasteiger partial charge >= 0.3 is 0 Å². The van der Waals surface area contributed by atoms with E-state index in [1.807, 2.05) is 19.1 Å². The Bertz CT molecular complexity index is 863. The van der Waals surface area contributed by atoms with Crippen LogP contribution >= 0.6 is 0 Å². The van der Waals surface area contributed by atoms with Crippen molar-refractivity contribution in [2.75, 3.05) is 13.2 Å². The highest BCUT2D eigenvalue weighted by Crippen LogP contribution is 2.23. The number of hydrogen-bond acceptors (Lipinski definition) is 5. The minimum Gasteiger partial charge on any atom is -0.491 e. The SMILES string of the molecule is Cc1ccc(-c2[nH]ncc2CNCC(O)COc2ccc(F)c(F)c2)o1. The third kappa shape index (κ3) is 4.47. The Hall–Kier alpha value is -2.71. The quantitative estimate of drug-likeness (QED) is 0.573. The van der Waals surface area contributed by atoms with Gasteiger partial charge in [-0.3, -0.25) is 5.10 Å². The van der Waals surface area contributed by atoms with Crippen LogP contribution in [0.25, 0.3) is 11.5 Å². The number of nitrogens with one attached hydrogen (secondary N) is 2. The number of aromatic nitrogens is 2. The van der Waals surface area contributed by atoms with E-state index >= 15 is 0 Å². The molecule has 1 aromatic carbocycles. The summed E-state index contributed by atoms with van der Waals surface area (Å²) in [6, 6.07) is 6.95.